The van der Waals surface area contributed by atoms with Crippen LogP contribution in [0.1, 0.15) is 11.1 Å². The predicted molar refractivity (Wildman–Crippen MR) is 122 cm³/mol. The second-order valence-corrected chi connectivity index (χ2v) is 11.5. The second kappa shape index (κ2) is 10.9. The van der Waals surface area contributed by atoms with Gasteiger partial charge >= 0.3 is 0 Å². The molecule has 8 nitrogen and oxygen atoms in total. The third-order valence-electron chi connectivity index (χ3n) is 5.26. The molecule has 0 saturated carbocycles. The number of nitrogens with zero attached hydrogens (tertiary/aromatic N) is 2. The van der Waals surface area contributed by atoms with Crippen molar-refractivity contribution in [1.29, 1.82) is 0 Å². The van der Waals surface area contributed by atoms with Crippen molar-refractivity contribution in [3.8, 4) is 0 Å². The van der Waals surface area contributed by atoms with Crippen LogP contribution < -0.4 is 0 Å². The summed E-state index contributed by atoms with van der Waals surface area (Å²) < 4.78 is 66.0. The molecular formula is C22H30N2O6S2. The molecule has 0 amide bonds. The van der Waals surface area contributed by atoms with E-state index in [0.717, 1.165) is 11.1 Å². The lowest BCUT2D eigenvalue weighted by Crippen LogP contribution is -2.40. The standard InChI is InChI=1S/C22H30N2O6S2/c1-19-3-7-21(8-4-19)31(25,26)23-11-15-29-17-13-24(14-18-30-16-12-23)32(27,28)22-9-5-20(2)6-10-22/h3-10H,11-18H2,1-2H3. The first kappa shape index (κ1) is 24.8. The molecule has 0 atom stereocenters. The van der Waals surface area contributed by atoms with E-state index in [1.807, 2.05) is 13.8 Å². The van der Waals surface area contributed by atoms with Gasteiger partial charge in [-0.05, 0) is 38.1 Å². The van der Waals surface area contributed by atoms with Crippen LogP contribution in [0.4, 0.5) is 0 Å². The summed E-state index contributed by atoms with van der Waals surface area (Å²) in [6, 6.07) is 13.4. The van der Waals surface area contributed by atoms with Gasteiger partial charge in [-0.1, -0.05) is 35.4 Å². The molecule has 0 bridgehead atoms. The van der Waals surface area contributed by atoms with Crippen molar-refractivity contribution in [3.05, 3.63) is 59.7 Å². The van der Waals surface area contributed by atoms with Crippen molar-refractivity contribution in [1.82, 2.24) is 8.61 Å². The molecular weight excluding hydrogens is 452 g/mol. The fraction of sp³-hybridized carbons (Fsp3) is 0.455. The van der Waals surface area contributed by atoms with E-state index in [0.29, 0.717) is 0 Å². The van der Waals surface area contributed by atoms with Crippen LogP contribution in [0.25, 0.3) is 0 Å². The highest BCUT2D eigenvalue weighted by Crippen LogP contribution is 2.18. The van der Waals surface area contributed by atoms with Gasteiger partial charge in [0.1, 0.15) is 0 Å². The highest BCUT2D eigenvalue weighted by Gasteiger charge is 2.26. The van der Waals surface area contributed by atoms with E-state index < -0.39 is 20.0 Å². The molecule has 1 aliphatic heterocycles. The molecule has 2 aromatic carbocycles. The number of benzene rings is 2. The number of hydrogen-bond acceptors (Lipinski definition) is 6. The summed E-state index contributed by atoms with van der Waals surface area (Å²) in [5.41, 5.74) is 1.96. The Kier molecular flexibility index (Phi) is 8.43. The van der Waals surface area contributed by atoms with E-state index in [1.165, 1.54) is 8.61 Å². The maximum atomic E-state index is 13.0. The van der Waals surface area contributed by atoms with Crippen LogP contribution in [-0.2, 0) is 29.5 Å². The van der Waals surface area contributed by atoms with Crippen LogP contribution >= 0.6 is 0 Å². The Labute approximate surface area is 190 Å². The van der Waals surface area contributed by atoms with Crippen LogP contribution in [0.15, 0.2) is 58.3 Å². The highest BCUT2D eigenvalue weighted by molar-refractivity contribution is 7.89. The third kappa shape index (κ3) is 6.15. The normalized spacial score (nSPS) is 18.6. The third-order valence-corrected chi connectivity index (χ3v) is 9.08. The Morgan fingerprint density at radius 3 is 1.12 bits per heavy atom. The molecule has 32 heavy (non-hydrogen) atoms. The zero-order chi connectivity index (χ0) is 23.2. The molecule has 0 aromatic heterocycles. The molecule has 1 fully saturated rings. The van der Waals surface area contributed by atoms with Crippen molar-refractivity contribution in [2.75, 3.05) is 52.6 Å². The molecule has 1 aliphatic rings. The van der Waals surface area contributed by atoms with Gasteiger partial charge in [-0.3, -0.25) is 0 Å². The molecule has 0 unspecified atom stereocenters. The predicted octanol–water partition coefficient (Wildman–Crippen LogP) is 2.03. The summed E-state index contributed by atoms with van der Waals surface area (Å²) >= 11 is 0. The number of ether oxygens (including phenoxy) is 2. The van der Waals surface area contributed by atoms with Crippen LogP contribution in [0, 0.1) is 13.8 Å². The fourth-order valence-corrected chi connectivity index (χ4v) is 6.11. The summed E-state index contributed by atoms with van der Waals surface area (Å²) in [6.45, 7) is 5.05. The minimum atomic E-state index is -3.67. The first-order valence-electron chi connectivity index (χ1n) is 10.5. The highest BCUT2D eigenvalue weighted by atomic mass is 32.2. The molecule has 2 aromatic rings. The Morgan fingerprint density at radius 2 is 0.844 bits per heavy atom. The van der Waals surface area contributed by atoms with E-state index >= 15 is 0 Å². The van der Waals surface area contributed by atoms with E-state index in [2.05, 4.69) is 0 Å². The van der Waals surface area contributed by atoms with E-state index in [9.17, 15) is 16.8 Å². The summed E-state index contributed by atoms with van der Waals surface area (Å²) in [7, 11) is -7.35. The lowest BCUT2D eigenvalue weighted by Gasteiger charge is -2.26. The van der Waals surface area contributed by atoms with Crippen molar-refractivity contribution in [2.24, 2.45) is 0 Å². The Balaban J connectivity index is 1.66. The number of rotatable bonds is 4. The van der Waals surface area contributed by atoms with E-state index in [-0.39, 0.29) is 62.4 Å². The first-order valence-corrected chi connectivity index (χ1v) is 13.4. The SMILES string of the molecule is Cc1ccc(S(=O)(=O)N2CCOCCN(S(=O)(=O)c3ccc(C)cc3)CCOCC2)cc1. The largest absolute Gasteiger partial charge is 0.379 e. The molecule has 10 heteroatoms. The Bertz CT molecular complexity index is 983. The average Bonchev–Trinajstić information content (AvgIpc) is 2.74. The number of hydrogen-bond donors (Lipinski definition) is 0. The molecule has 0 aliphatic carbocycles. The average molecular weight is 483 g/mol. The lowest BCUT2D eigenvalue weighted by molar-refractivity contribution is 0.0730. The molecule has 1 heterocycles. The van der Waals surface area contributed by atoms with Gasteiger partial charge in [0.25, 0.3) is 0 Å². The van der Waals surface area contributed by atoms with Crippen LogP contribution in [-0.4, -0.2) is 78.1 Å². The van der Waals surface area contributed by atoms with Gasteiger partial charge in [-0.2, -0.15) is 8.61 Å². The van der Waals surface area contributed by atoms with Crippen molar-refractivity contribution in [3.63, 3.8) is 0 Å². The van der Waals surface area contributed by atoms with Gasteiger partial charge in [0.2, 0.25) is 20.0 Å². The Morgan fingerprint density at radius 1 is 0.562 bits per heavy atom. The maximum Gasteiger partial charge on any atom is 0.243 e. The molecule has 0 N–H and O–H groups in total. The zero-order valence-corrected chi connectivity index (χ0v) is 20.1. The van der Waals surface area contributed by atoms with Gasteiger partial charge in [0.05, 0.1) is 36.2 Å². The summed E-state index contributed by atoms with van der Waals surface area (Å²) in [6.07, 6.45) is 0. The maximum absolute atomic E-state index is 13.0. The molecule has 176 valence electrons. The summed E-state index contributed by atoms with van der Waals surface area (Å²) in [5.74, 6) is 0. The first-order chi connectivity index (χ1) is 15.2. The zero-order valence-electron chi connectivity index (χ0n) is 18.4. The van der Waals surface area contributed by atoms with Crippen molar-refractivity contribution >= 4 is 20.0 Å². The molecule has 0 spiro atoms. The monoisotopic (exact) mass is 482 g/mol. The van der Waals surface area contributed by atoms with Gasteiger partial charge in [-0.15, -0.1) is 0 Å². The van der Waals surface area contributed by atoms with E-state index in [1.54, 1.807) is 48.5 Å². The fourth-order valence-electron chi connectivity index (χ4n) is 3.29. The quantitative estimate of drug-likeness (QED) is 0.662. The number of sulfonamides is 2. The summed E-state index contributed by atoms with van der Waals surface area (Å²) in [5, 5.41) is 0. The molecule has 0 radical (unpaired) electrons. The van der Waals surface area contributed by atoms with Crippen LogP contribution in [0.3, 0.4) is 0 Å². The van der Waals surface area contributed by atoms with Crippen LogP contribution in [0.5, 0.6) is 0 Å². The van der Waals surface area contributed by atoms with Gasteiger partial charge in [0.15, 0.2) is 0 Å². The minimum Gasteiger partial charge on any atom is -0.379 e. The van der Waals surface area contributed by atoms with Crippen molar-refractivity contribution < 1.29 is 26.3 Å². The van der Waals surface area contributed by atoms with E-state index in [4.69, 9.17) is 9.47 Å². The Hall–Kier alpha value is -1.82. The number of aryl methyl sites for hydroxylation is 2. The van der Waals surface area contributed by atoms with Gasteiger partial charge < -0.3 is 9.47 Å². The molecule has 3 rings (SSSR count). The second-order valence-electron chi connectivity index (χ2n) is 7.66. The minimum absolute atomic E-state index is 0.156. The van der Waals surface area contributed by atoms with Gasteiger partial charge in [0, 0.05) is 26.2 Å². The van der Waals surface area contributed by atoms with Gasteiger partial charge in [-0.25, -0.2) is 16.8 Å². The molecule has 1 saturated heterocycles. The topological polar surface area (TPSA) is 93.2 Å². The van der Waals surface area contributed by atoms with Crippen LogP contribution in [0.2, 0.25) is 0 Å². The smallest absolute Gasteiger partial charge is 0.243 e. The van der Waals surface area contributed by atoms with Crippen molar-refractivity contribution in [2.45, 2.75) is 23.6 Å². The summed E-state index contributed by atoms with van der Waals surface area (Å²) in [4.78, 5) is 0.455. The lowest BCUT2D eigenvalue weighted by atomic mass is 10.2.